The van der Waals surface area contributed by atoms with Gasteiger partial charge in [-0.1, -0.05) is 12.1 Å². The molecule has 0 heterocycles. The average molecular weight is 300 g/mol. The van der Waals surface area contributed by atoms with E-state index >= 15 is 0 Å². The number of halogens is 3. The highest BCUT2D eigenvalue weighted by atomic mass is 32.2. The molecule has 1 aromatic rings. The molecule has 0 aliphatic heterocycles. The lowest BCUT2D eigenvalue weighted by Gasteiger charge is -2.09. The topological polar surface area (TPSA) is 44.1 Å². The van der Waals surface area contributed by atoms with Crippen LogP contribution in [0.5, 0.6) is 0 Å². The summed E-state index contributed by atoms with van der Waals surface area (Å²) in [4.78, 5) is 12.8. The first kappa shape index (κ1) is 16.1. The minimum absolute atomic E-state index is 0.0235. The molecule has 0 radical (unpaired) electrons. The van der Waals surface area contributed by atoms with Gasteiger partial charge in [-0.25, -0.2) is 0 Å². The number of nitrogens with zero attached hydrogens (tertiary/aromatic N) is 2. The SMILES string of the molecule is CN(CC#N)C(=O)C=Cc1ccc(SC(F)(F)F)cc1. The van der Waals surface area contributed by atoms with E-state index in [1.165, 1.54) is 48.4 Å². The third-order valence-corrected chi connectivity index (χ3v) is 2.96. The first-order chi connectivity index (χ1) is 9.31. The van der Waals surface area contributed by atoms with E-state index in [-0.39, 0.29) is 29.1 Å². The third kappa shape index (κ3) is 5.80. The number of thioether (sulfide) groups is 1. The minimum Gasteiger partial charge on any atom is -0.329 e. The van der Waals surface area contributed by atoms with Crippen molar-refractivity contribution < 1.29 is 18.0 Å². The van der Waals surface area contributed by atoms with Gasteiger partial charge in [0.15, 0.2) is 0 Å². The van der Waals surface area contributed by atoms with Gasteiger partial charge in [-0.2, -0.15) is 18.4 Å². The molecule has 1 aromatic carbocycles. The maximum atomic E-state index is 12.1. The summed E-state index contributed by atoms with van der Waals surface area (Å²) in [5.74, 6) is -0.347. The smallest absolute Gasteiger partial charge is 0.329 e. The summed E-state index contributed by atoms with van der Waals surface area (Å²) in [6.07, 6.45) is 2.75. The fourth-order valence-corrected chi connectivity index (χ4v) is 1.80. The van der Waals surface area contributed by atoms with Crippen molar-refractivity contribution in [2.45, 2.75) is 10.4 Å². The Bertz CT molecular complexity index is 532. The minimum atomic E-state index is -4.31. The Balaban J connectivity index is 2.66. The van der Waals surface area contributed by atoms with Crippen LogP contribution in [0.15, 0.2) is 35.2 Å². The van der Waals surface area contributed by atoms with E-state index in [0.29, 0.717) is 5.56 Å². The summed E-state index contributed by atoms with van der Waals surface area (Å²) >= 11 is -0.190. The Hall–Kier alpha value is -1.94. The molecule has 20 heavy (non-hydrogen) atoms. The standard InChI is InChI=1S/C13H11F3N2OS/c1-18(9-8-17)12(19)7-4-10-2-5-11(6-3-10)20-13(14,15)16/h2-7H,9H2,1H3. The van der Waals surface area contributed by atoms with Crippen LogP contribution in [0.25, 0.3) is 6.08 Å². The van der Waals surface area contributed by atoms with E-state index in [1.807, 2.05) is 6.07 Å². The molecular formula is C13H11F3N2OS. The van der Waals surface area contributed by atoms with Crippen LogP contribution in [-0.4, -0.2) is 29.9 Å². The zero-order valence-corrected chi connectivity index (χ0v) is 11.3. The number of amides is 1. The Morgan fingerprint density at radius 2 is 2.00 bits per heavy atom. The highest BCUT2D eigenvalue weighted by Gasteiger charge is 2.28. The largest absolute Gasteiger partial charge is 0.446 e. The number of hydrogen-bond donors (Lipinski definition) is 0. The summed E-state index contributed by atoms with van der Waals surface area (Å²) in [6.45, 7) is -0.0235. The normalized spacial score (nSPS) is 11.3. The zero-order valence-electron chi connectivity index (χ0n) is 10.5. The van der Waals surface area contributed by atoms with Gasteiger partial charge >= 0.3 is 5.51 Å². The molecule has 0 bridgehead atoms. The quantitative estimate of drug-likeness (QED) is 0.487. The summed E-state index contributed by atoms with van der Waals surface area (Å²) in [5, 5.41) is 8.43. The Morgan fingerprint density at radius 3 is 2.50 bits per heavy atom. The van der Waals surface area contributed by atoms with Gasteiger partial charge in [0, 0.05) is 18.0 Å². The second kappa shape index (κ2) is 7.01. The second-order valence-corrected chi connectivity index (χ2v) is 4.94. The number of benzene rings is 1. The van der Waals surface area contributed by atoms with Gasteiger partial charge in [0.25, 0.3) is 0 Å². The molecule has 0 spiro atoms. The summed E-state index contributed by atoms with van der Waals surface area (Å²) in [6, 6.07) is 7.48. The monoisotopic (exact) mass is 300 g/mol. The highest BCUT2D eigenvalue weighted by molar-refractivity contribution is 8.00. The fourth-order valence-electron chi connectivity index (χ4n) is 1.26. The third-order valence-electron chi connectivity index (χ3n) is 2.22. The molecule has 3 nitrogen and oxygen atoms in total. The molecule has 0 N–H and O–H groups in total. The van der Waals surface area contributed by atoms with E-state index in [1.54, 1.807) is 0 Å². The van der Waals surface area contributed by atoms with Crippen molar-refractivity contribution in [3.8, 4) is 6.07 Å². The maximum Gasteiger partial charge on any atom is 0.446 e. The van der Waals surface area contributed by atoms with Crippen molar-refractivity contribution in [1.29, 1.82) is 5.26 Å². The van der Waals surface area contributed by atoms with Crippen LogP contribution in [0, 0.1) is 11.3 Å². The molecule has 0 aromatic heterocycles. The number of carbonyl (C=O) groups is 1. The van der Waals surface area contributed by atoms with Gasteiger partial charge < -0.3 is 4.90 Å². The predicted octanol–water partition coefficient (Wildman–Crippen LogP) is 3.29. The van der Waals surface area contributed by atoms with Crippen molar-refractivity contribution in [3.05, 3.63) is 35.9 Å². The van der Waals surface area contributed by atoms with Gasteiger partial charge in [-0.05, 0) is 35.5 Å². The number of rotatable bonds is 4. The number of hydrogen-bond acceptors (Lipinski definition) is 3. The van der Waals surface area contributed by atoms with E-state index in [4.69, 9.17) is 5.26 Å². The average Bonchev–Trinajstić information content (AvgIpc) is 2.36. The molecule has 1 amide bonds. The van der Waals surface area contributed by atoms with Gasteiger partial charge in [0.1, 0.15) is 6.54 Å². The summed E-state index contributed by atoms with van der Waals surface area (Å²) in [7, 11) is 1.49. The molecule has 0 saturated carbocycles. The molecule has 7 heteroatoms. The van der Waals surface area contributed by atoms with Crippen LogP contribution >= 0.6 is 11.8 Å². The number of alkyl halides is 3. The molecule has 106 valence electrons. The van der Waals surface area contributed by atoms with Crippen LogP contribution in [0.1, 0.15) is 5.56 Å². The lowest BCUT2D eigenvalue weighted by Crippen LogP contribution is -2.24. The van der Waals surface area contributed by atoms with E-state index in [2.05, 4.69) is 0 Å². The van der Waals surface area contributed by atoms with Crippen molar-refractivity contribution in [3.63, 3.8) is 0 Å². The van der Waals surface area contributed by atoms with Crippen LogP contribution < -0.4 is 0 Å². The number of carbonyl (C=O) groups excluding carboxylic acids is 1. The van der Waals surface area contributed by atoms with E-state index < -0.39 is 5.51 Å². The molecule has 0 aliphatic rings. The van der Waals surface area contributed by atoms with Gasteiger partial charge in [0.2, 0.25) is 5.91 Å². The van der Waals surface area contributed by atoms with E-state index in [0.717, 1.165) is 0 Å². The number of nitriles is 1. The highest BCUT2D eigenvalue weighted by Crippen LogP contribution is 2.36. The summed E-state index contributed by atoms with van der Waals surface area (Å²) in [5.41, 5.74) is -3.71. The molecule has 0 saturated heterocycles. The maximum absolute atomic E-state index is 12.1. The van der Waals surface area contributed by atoms with Gasteiger partial charge in [0.05, 0.1) is 6.07 Å². The van der Waals surface area contributed by atoms with Crippen molar-refractivity contribution >= 4 is 23.7 Å². The van der Waals surface area contributed by atoms with Crippen LogP contribution in [-0.2, 0) is 4.79 Å². The molecule has 0 atom stereocenters. The Kier molecular flexibility index (Phi) is 5.65. The molecule has 0 fully saturated rings. The van der Waals surface area contributed by atoms with Crippen LogP contribution in [0.2, 0.25) is 0 Å². The summed E-state index contributed by atoms with van der Waals surface area (Å²) < 4.78 is 36.4. The molecule has 0 aliphatic carbocycles. The molecule has 1 rings (SSSR count). The van der Waals surface area contributed by atoms with Crippen molar-refractivity contribution in [2.24, 2.45) is 0 Å². The van der Waals surface area contributed by atoms with Gasteiger partial charge in [-0.3, -0.25) is 4.79 Å². The zero-order chi connectivity index (χ0) is 15.2. The van der Waals surface area contributed by atoms with Crippen LogP contribution in [0.3, 0.4) is 0 Å². The number of likely N-dealkylation sites (N-methyl/N-ethyl adjacent to an activating group) is 1. The second-order valence-electron chi connectivity index (χ2n) is 3.80. The lowest BCUT2D eigenvalue weighted by atomic mass is 10.2. The van der Waals surface area contributed by atoms with Crippen molar-refractivity contribution in [2.75, 3.05) is 13.6 Å². The van der Waals surface area contributed by atoms with E-state index in [9.17, 15) is 18.0 Å². The lowest BCUT2D eigenvalue weighted by molar-refractivity contribution is -0.124. The van der Waals surface area contributed by atoms with Crippen LogP contribution in [0.4, 0.5) is 13.2 Å². The molecular weight excluding hydrogens is 289 g/mol. The van der Waals surface area contributed by atoms with Crippen molar-refractivity contribution in [1.82, 2.24) is 4.90 Å². The predicted molar refractivity (Wildman–Crippen MR) is 70.6 cm³/mol. The van der Waals surface area contributed by atoms with Gasteiger partial charge in [-0.15, -0.1) is 0 Å². The first-order valence-electron chi connectivity index (χ1n) is 5.48. The Labute approximate surface area is 118 Å². The first-order valence-corrected chi connectivity index (χ1v) is 6.29. The molecule has 0 unspecified atom stereocenters. The Morgan fingerprint density at radius 1 is 1.40 bits per heavy atom. The fraction of sp³-hybridized carbons (Fsp3) is 0.231.